The fraction of sp³-hybridized carbons (Fsp3) is 0.400. The molecule has 0 fully saturated rings. The predicted molar refractivity (Wildman–Crippen MR) is 60.9 cm³/mol. The molecule has 0 heterocycles. The van der Waals surface area contributed by atoms with Crippen LogP contribution in [0.2, 0.25) is 0 Å². The zero-order chi connectivity index (χ0) is 11.8. The van der Waals surface area contributed by atoms with Crippen LogP contribution in [0.4, 0.5) is 4.39 Å². The maximum Gasteiger partial charge on any atom is 0.123 e. The standard InChI is InChI=1S/C10H12FN3OS/c11-9-3-5-10(6-4-9)16(15)8-2-1-7-13-14-12/h3-6H,1-2,7-8H2. The van der Waals surface area contributed by atoms with Gasteiger partial charge in [0.15, 0.2) is 0 Å². The average molecular weight is 241 g/mol. The number of unbranched alkanes of at least 4 members (excludes halogenated alkanes) is 1. The first-order valence-corrected chi connectivity index (χ1v) is 6.20. The number of hydrogen-bond acceptors (Lipinski definition) is 2. The van der Waals surface area contributed by atoms with Crippen molar-refractivity contribution in [2.45, 2.75) is 17.7 Å². The molecule has 0 N–H and O–H groups in total. The predicted octanol–water partition coefficient (Wildman–Crippen LogP) is 3.02. The quantitative estimate of drug-likeness (QED) is 0.327. The van der Waals surface area contributed by atoms with E-state index >= 15 is 0 Å². The molecular formula is C10H12FN3OS. The van der Waals surface area contributed by atoms with Crippen LogP contribution in [0.1, 0.15) is 12.8 Å². The summed E-state index contributed by atoms with van der Waals surface area (Å²) in [5, 5.41) is 3.38. The highest BCUT2D eigenvalue weighted by molar-refractivity contribution is 7.85. The summed E-state index contributed by atoms with van der Waals surface area (Å²) in [5.74, 6) is 0.177. The number of benzene rings is 1. The third-order valence-electron chi connectivity index (χ3n) is 1.98. The Morgan fingerprint density at radius 2 is 2.00 bits per heavy atom. The van der Waals surface area contributed by atoms with Crippen molar-refractivity contribution < 1.29 is 8.60 Å². The maximum atomic E-state index is 12.6. The van der Waals surface area contributed by atoms with Gasteiger partial charge in [-0.25, -0.2) is 4.39 Å². The summed E-state index contributed by atoms with van der Waals surface area (Å²) in [7, 11) is -1.10. The van der Waals surface area contributed by atoms with Gasteiger partial charge in [-0.05, 0) is 42.6 Å². The normalized spacial score (nSPS) is 11.8. The van der Waals surface area contributed by atoms with Crippen LogP contribution < -0.4 is 0 Å². The van der Waals surface area contributed by atoms with E-state index < -0.39 is 10.8 Å². The molecule has 86 valence electrons. The van der Waals surface area contributed by atoms with Crippen LogP contribution in [0.25, 0.3) is 10.4 Å². The number of nitrogens with zero attached hydrogens (tertiary/aromatic N) is 3. The molecule has 0 saturated heterocycles. The Bertz CT molecular complexity index is 401. The highest BCUT2D eigenvalue weighted by atomic mass is 32.2. The van der Waals surface area contributed by atoms with E-state index in [0.29, 0.717) is 17.2 Å². The molecule has 1 rings (SSSR count). The van der Waals surface area contributed by atoms with E-state index in [1.807, 2.05) is 0 Å². The van der Waals surface area contributed by atoms with Crippen molar-refractivity contribution in [1.29, 1.82) is 0 Å². The van der Waals surface area contributed by atoms with E-state index in [0.717, 1.165) is 12.8 Å². The lowest BCUT2D eigenvalue weighted by atomic mass is 10.3. The zero-order valence-electron chi connectivity index (χ0n) is 8.67. The van der Waals surface area contributed by atoms with Crippen LogP contribution in [-0.2, 0) is 10.8 Å². The lowest BCUT2D eigenvalue weighted by Crippen LogP contribution is -1.98. The highest BCUT2D eigenvalue weighted by Gasteiger charge is 2.03. The molecule has 0 amide bonds. The van der Waals surface area contributed by atoms with Crippen molar-refractivity contribution in [3.8, 4) is 0 Å². The zero-order valence-corrected chi connectivity index (χ0v) is 9.49. The monoisotopic (exact) mass is 241 g/mol. The van der Waals surface area contributed by atoms with E-state index in [1.165, 1.54) is 24.3 Å². The largest absolute Gasteiger partial charge is 0.254 e. The van der Waals surface area contributed by atoms with Crippen LogP contribution in [0.15, 0.2) is 34.3 Å². The Morgan fingerprint density at radius 1 is 1.31 bits per heavy atom. The van der Waals surface area contributed by atoms with Crippen molar-refractivity contribution >= 4 is 10.8 Å². The van der Waals surface area contributed by atoms with Crippen LogP contribution in [0, 0.1) is 5.82 Å². The summed E-state index contributed by atoms with van der Waals surface area (Å²) in [6.07, 6.45) is 1.44. The lowest BCUT2D eigenvalue weighted by Gasteiger charge is -2.01. The molecule has 1 aromatic carbocycles. The summed E-state index contributed by atoms with van der Waals surface area (Å²) in [6.45, 7) is 0.428. The Labute approximate surface area is 95.6 Å². The van der Waals surface area contributed by atoms with E-state index in [9.17, 15) is 8.60 Å². The third-order valence-corrected chi connectivity index (χ3v) is 3.44. The minimum absolute atomic E-state index is 0.330. The van der Waals surface area contributed by atoms with Gasteiger partial charge in [0.25, 0.3) is 0 Å². The Kier molecular flexibility index (Phi) is 5.53. The minimum atomic E-state index is -1.10. The van der Waals surface area contributed by atoms with Gasteiger partial charge < -0.3 is 0 Å². The summed E-state index contributed by atoms with van der Waals surface area (Å²) in [4.78, 5) is 3.26. The molecule has 0 spiro atoms. The minimum Gasteiger partial charge on any atom is -0.254 e. The molecular weight excluding hydrogens is 229 g/mol. The topological polar surface area (TPSA) is 65.8 Å². The van der Waals surface area contributed by atoms with Gasteiger partial charge in [-0.1, -0.05) is 5.11 Å². The second kappa shape index (κ2) is 6.98. The third kappa shape index (κ3) is 4.42. The van der Waals surface area contributed by atoms with E-state index in [4.69, 9.17) is 5.53 Å². The molecule has 0 aliphatic rings. The van der Waals surface area contributed by atoms with Gasteiger partial charge in [0.2, 0.25) is 0 Å². The smallest absolute Gasteiger partial charge is 0.123 e. The molecule has 1 aromatic rings. The average Bonchev–Trinajstić information content (AvgIpc) is 2.29. The van der Waals surface area contributed by atoms with E-state index in [-0.39, 0.29) is 5.82 Å². The Balaban J connectivity index is 2.35. The summed E-state index contributed by atoms with van der Waals surface area (Å²) < 4.78 is 24.3. The molecule has 0 saturated carbocycles. The van der Waals surface area contributed by atoms with Crippen LogP contribution >= 0.6 is 0 Å². The first-order chi connectivity index (χ1) is 7.74. The highest BCUT2D eigenvalue weighted by Crippen LogP contribution is 2.09. The SMILES string of the molecule is [N-]=[N+]=NCCCCS(=O)c1ccc(F)cc1. The second-order valence-corrected chi connectivity index (χ2v) is 4.74. The molecule has 0 aliphatic carbocycles. The van der Waals surface area contributed by atoms with Gasteiger partial charge in [-0.15, -0.1) is 0 Å². The van der Waals surface area contributed by atoms with Gasteiger partial charge in [0.1, 0.15) is 5.82 Å². The van der Waals surface area contributed by atoms with Gasteiger partial charge in [-0.3, -0.25) is 4.21 Å². The van der Waals surface area contributed by atoms with Crippen molar-refractivity contribution in [1.82, 2.24) is 0 Å². The molecule has 0 aliphatic heterocycles. The number of rotatable bonds is 6. The first kappa shape index (κ1) is 12.7. The number of halogens is 1. The molecule has 16 heavy (non-hydrogen) atoms. The Morgan fingerprint density at radius 3 is 2.62 bits per heavy atom. The molecule has 0 radical (unpaired) electrons. The van der Waals surface area contributed by atoms with Gasteiger partial charge in [-0.2, -0.15) is 0 Å². The van der Waals surface area contributed by atoms with Crippen molar-refractivity contribution in [3.63, 3.8) is 0 Å². The number of hydrogen-bond donors (Lipinski definition) is 0. The maximum absolute atomic E-state index is 12.6. The fourth-order valence-corrected chi connectivity index (χ4v) is 2.31. The van der Waals surface area contributed by atoms with Gasteiger partial charge in [0, 0.05) is 22.1 Å². The summed E-state index contributed by atoms with van der Waals surface area (Å²) in [6, 6.07) is 5.65. The van der Waals surface area contributed by atoms with Crippen molar-refractivity contribution in [3.05, 3.63) is 40.5 Å². The Hall–Kier alpha value is -1.39. The lowest BCUT2D eigenvalue weighted by molar-refractivity contribution is 0.626. The van der Waals surface area contributed by atoms with Crippen molar-refractivity contribution in [2.75, 3.05) is 12.3 Å². The van der Waals surface area contributed by atoms with Crippen LogP contribution in [0.3, 0.4) is 0 Å². The molecule has 4 nitrogen and oxygen atoms in total. The van der Waals surface area contributed by atoms with Gasteiger partial charge >= 0.3 is 0 Å². The van der Waals surface area contributed by atoms with E-state index in [1.54, 1.807) is 0 Å². The van der Waals surface area contributed by atoms with Gasteiger partial charge in [0.05, 0.1) is 10.8 Å². The first-order valence-electron chi connectivity index (χ1n) is 4.89. The molecule has 1 unspecified atom stereocenters. The summed E-state index contributed by atoms with van der Waals surface area (Å²) >= 11 is 0. The van der Waals surface area contributed by atoms with Crippen molar-refractivity contribution in [2.24, 2.45) is 5.11 Å². The van der Waals surface area contributed by atoms with E-state index in [2.05, 4.69) is 10.0 Å². The summed E-state index contributed by atoms with van der Waals surface area (Å²) in [5.41, 5.74) is 8.04. The van der Waals surface area contributed by atoms with Crippen LogP contribution in [-0.4, -0.2) is 16.5 Å². The fourth-order valence-electron chi connectivity index (χ4n) is 1.16. The molecule has 0 aromatic heterocycles. The molecule has 1 atom stereocenters. The molecule has 0 bridgehead atoms. The number of azide groups is 1. The second-order valence-electron chi connectivity index (χ2n) is 3.17. The van der Waals surface area contributed by atoms with Crippen LogP contribution in [0.5, 0.6) is 0 Å². The molecule has 6 heteroatoms.